The van der Waals surface area contributed by atoms with Gasteiger partial charge < -0.3 is 14.3 Å². The Balaban J connectivity index is 1.61. The Morgan fingerprint density at radius 1 is 0.789 bits per heavy atom. The number of aryl methyl sites for hydroxylation is 4. The van der Waals surface area contributed by atoms with Gasteiger partial charge in [-0.25, -0.2) is 4.39 Å². The summed E-state index contributed by atoms with van der Waals surface area (Å²) in [6.07, 6.45) is 4.43. The summed E-state index contributed by atoms with van der Waals surface area (Å²) in [7, 11) is -1.71. The van der Waals surface area contributed by atoms with Crippen molar-refractivity contribution in [1.29, 1.82) is 0 Å². The lowest BCUT2D eigenvalue weighted by Gasteiger charge is -2.36. The second-order valence-corrected chi connectivity index (χ2v) is 16.4. The number of hydrogen-bond acceptors (Lipinski definition) is 3. The Labute approximate surface area is 230 Å². The van der Waals surface area contributed by atoms with Crippen molar-refractivity contribution in [3.8, 4) is 16.9 Å². The van der Waals surface area contributed by atoms with Gasteiger partial charge in [0, 0.05) is 12.2 Å². The fourth-order valence-corrected chi connectivity index (χ4v) is 5.40. The highest BCUT2D eigenvalue weighted by Crippen LogP contribution is 2.36. The van der Waals surface area contributed by atoms with E-state index >= 15 is 4.39 Å². The van der Waals surface area contributed by atoms with Crippen molar-refractivity contribution in [2.24, 2.45) is 0 Å². The summed E-state index contributed by atoms with van der Waals surface area (Å²) in [6, 6.07) is 20.0. The summed E-state index contributed by atoms with van der Waals surface area (Å²) >= 11 is 0. The van der Waals surface area contributed by atoms with Gasteiger partial charge in [0.1, 0.15) is 18.2 Å². The summed E-state index contributed by atoms with van der Waals surface area (Å²) in [5, 5.41) is 9.10. The molecule has 38 heavy (non-hydrogen) atoms. The van der Waals surface area contributed by atoms with Crippen LogP contribution in [0.5, 0.6) is 5.75 Å². The predicted molar refractivity (Wildman–Crippen MR) is 159 cm³/mol. The number of rotatable bonds is 13. The molecule has 5 heteroatoms. The van der Waals surface area contributed by atoms with Crippen LogP contribution >= 0.6 is 0 Å². The highest BCUT2D eigenvalue weighted by atomic mass is 28.4. The summed E-state index contributed by atoms with van der Waals surface area (Å²) in [6.45, 7) is 14.6. The standard InChI is InChI=1S/C33H45FO3Si/c1-7-28-23-26(9-8-21-37-38(5,6)33(2,3)4)14-18-30(28)31-19-15-27(24-32(31)34)11-10-25-12-16-29(17-13-25)36-22-20-35/h12-19,23-24,35H,7-11,20-22H2,1-6H3. The molecule has 3 rings (SSSR count). The van der Waals surface area contributed by atoms with Crippen LogP contribution in [0.15, 0.2) is 60.7 Å². The predicted octanol–water partition coefficient (Wildman–Crippen LogP) is 8.17. The third kappa shape index (κ3) is 8.26. The maximum absolute atomic E-state index is 15.3. The normalized spacial score (nSPS) is 12.1. The molecule has 0 atom stereocenters. The molecule has 0 saturated carbocycles. The van der Waals surface area contributed by atoms with Crippen LogP contribution in [0.2, 0.25) is 18.1 Å². The van der Waals surface area contributed by atoms with E-state index in [9.17, 15) is 0 Å². The first-order valence-corrected chi connectivity index (χ1v) is 16.8. The van der Waals surface area contributed by atoms with Crippen molar-refractivity contribution in [2.45, 2.75) is 77.9 Å². The van der Waals surface area contributed by atoms with Crippen LogP contribution in [0.4, 0.5) is 4.39 Å². The Morgan fingerprint density at radius 2 is 1.39 bits per heavy atom. The molecular formula is C33H45FO3Si. The SMILES string of the molecule is CCc1cc(CCCO[Si](C)(C)C(C)(C)C)ccc1-c1ccc(CCc2ccc(OCCO)cc2)cc1F. The molecule has 0 spiro atoms. The van der Waals surface area contributed by atoms with E-state index in [1.165, 1.54) is 16.7 Å². The zero-order valence-electron chi connectivity index (χ0n) is 24.1. The largest absolute Gasteiger partial charge is 0.491 e. The summed E-state index contributed by atoms with van der Waals surface area (Å²) in [5.74, 6) is 0.580. The van der Waals surface area contributed by atoms with Gasteiger partial charge in [0.05, 0.1) is 6.61 Å². The molecule has 3 aromatic carbocycles. The first-order chi connectivity index (χ1) is 18.0. The van der Waals surface area contributed by atoms with Gasteiger partial charge in [0.15, 0.2) is 8.32 Å². The maximum Gasteiger partial charge on any atom is 0.191 e. The monoisotopic (exact) mass is 536 g/mol. The highest BCUT2D eigenvalue weighted by Gasteiger charge is 2.36. The van der Waals surface area contributed by atoms with Gasteiger partial charge in [0.2, 0.25) is 0 Å². The van der Waals surface area contributed by atoms with Crippen molar-refractivity contribution in [3.63, 3.8) is 0 Å². The van der Waals surface area contributed by atoms with Gasteiger partial charge in [-0.2, -0.15) is 0 Å². The fourth-order valence-electron chi connectivity index (χ4n) is 4.32. The Morgan fingerprint density at radius 3 is 2.00 bits per heavy atom. The first-order valence-electron chi connectivity index (χ1n) is 13.9. The summed E-state index contributed by atoms with van der Waals surface area (Å²) in [5.41, 5.74) is 6.28. The van der Waals surface area contributed by atoms with E-state index in [2.05, 4.69) is 59.0 Å². The van der Waals surface area contributed by atoms with Crippen molar-refractivity contribution in [2.75, 3.05) is 19.8 Å². The van der Waals surface area contributed by atoms with Crippen LogP contribution in [0.1, 0.15) is 56.4 Å². The number of aliphatic hydroxyl groups is 1. The lowest BCUT2D eigenvalue weighted by Crippen LogP contribution is -2.41. The van der Waals surface area contributed by atoms with E-state index in [0.29, 0.717) is 12.2 Å². The van der Waals surface area contributed by atoms with E-state index < -0.39 is 8.32 Å². The third-order valence-electron chi connectivity index (χ3n) is 7.74. The van der Waals surface area contributed by atoms with Crippen LogP contribution in [0.3, 0.4) is 0 Å². The van der Waals surface area contributed by atoms with Gasteiger partial charge in [-0.15, -0.1) is 0 Å². The average Bonchev–Trinajstić information content (AvgIpc) is 2.89. The topological polar surface area (TPSA) is 38.7 Å². The Hall–Kier alpha value is -2.47. The molecule has 0 heterocycles. The lowest BCUT2D eigenvalue weighted by atomic mass is 9.93. The molecule has 0 amide bonds. The second-order valence-electron chi connectivity index (χ2n) is 11.6. The molecule has 206 valence electrons. The van der Waals surface area contributed by atoms with E-state index in [1.54, 1.807) is 6.07 Å². The molecule has 0 bridgehead atoms. The van der Waals surface area contributed by atoms with Crippen LogP contribution in [0.25, 0.3) is 11.1 Å². The fraction of sp³-hybridized carbons (Fsp3) is 0.455. The minimum absolute atomic E-state index is 0.000254. The molecule has 0 radical (unpaired) electrons. The zero-order chi connectivity index (χ0) is 27.8. The molecule has 0 aliphatic carbocycles. The summed E-state index contributed by atoms with van der Waals surface area (Å²) < 4.78 is 27.0. The van der Waals surface area contributed by atoms with Gasteiger partial charge in [0.25, 0.3) is 0 Å². The molecule has 1 N–H and O–H groups in total. The minimum atomic E-state index is -1.71. The second kappa shape index (κ2) is 13.5. The Bertz CT molecular complexity index is 1170. The molecule has 0 aromatic heterocycles. The maximum atomic E-state index is 15.3. The Kier molecular flexibility index (Phi) is 10.7. The third-order valence-corrected chi connectivity index (χ3v) is 12.3. The molecule has 0 aliphatic rings. The quantitative estimate of drug-likeness (QED) is 0.177. The van der Waals surface area contributed by atoms with Crippen molar-refractivity contribution < 1.29 is 18.7 Å². The molecular weight excluding hydrogens is 491 g/mol. The summed E-state index contributed by atoms with van der Waals surface area (Å²) in [4.78, 5) is 0. The van der Waals surface area contributed by atoms with E-state index in [0.717, 1.165) is 55.6 Å². The number of halogens is 1. The first kappa shape index (κ1) is 30.1. The average molecular weight is 537 g/mol. The van der Waals surface area contributed by atoms with Crippen molar-refractivity contribution in [1.82, 2.24) is 0 Å². The molecule has 0 saturated heterocycles. The van der Waals surface area contributed by atoms with Gasteiger partial charge >= 0.3 is 0 Å². The number of ether oxygens (including phenoxy) is 1. The van der Waals surface area contributed by atoms with Gasteiger partial charge in [-0.05, 0) is 96.3 Å². The van der Waals surface area contributed by atoms with Crippen molar-refractivity contribution in [3.05, 3.63) is 88.7 Å². The molecule has 0 aliphatic heterocycles. The lowest BCUT2D eigenvalue weighted by molar-refractivity contribution is 0.201. The van der Waals surface area contributed by atoms with Crippen LogP contribution in [-0.2, 0) is 30.1 Å². The highest BCUT2D eigenvalue weighted by molar-refractivity contribution is 6.74. The minimum Gasteiger partial charge on any atom is -0.491 e. The smallest absolute Gasteiger partial charge is 0.191 e. The number of aliphatic hydroxyl groups excluding tert-OH is 1. The van der Waals surface area contributed by atoms with E-state index in [1.807, 2.05) is 36.4 Å². The zero-order valence-corrected chi connectivity index (χ0v) is 25.1. The van der Waals surface area contributed by atoms with Crippen molar-refractivity contribution >= 4 is 8.32 Å². The van der Waals surface area contributed by atoms with Crippen LogP contribution in [0, 0.1) is 5.82 Å². The van der Waals surface area contributed by atoms with Gasteiger partial charge in [-0.1, -0.05) is 70.2 Å². The molecule has 3 aromatic rings. The van der Waals surface area contributed by atoms with Crippen LogP contribution in [-0.4, -0.2) is 33.2 Å². The van der Waals surface area contributed by atoms with E-state index in [-0.39, 0.29) is 17.5 Å². The molecule has 3 nitrogen and oxygen atoms in total. The van der Waals surface area contributed by atoms with Crippen LogP contribution < -0.4 is 4.74 Å². The van der Waals surface area contributed by atoms with Gasteiger partial charge in [-0.3, -0.25) is 0 Å². The number of benzene rings is 3. The molecule has 0 fully saturated rings. The van der Waals surface area contributed by atoms with E-state index in [4.69, 9.17) is 14.3 Å². The number of hydrogen-bond donors (Lipinski definition) is 1. The molecule has 0 unspecified atom stereocenters.